The van der Waals surface area contributed by atoms with Gasteiger partial charge in [0, 0.05) is 6.08 Å². The van der Waals surface area contributed by atoms with Crippen LogP contribution in [0.5, 0.6) is 5.75 Å². The summed E-state index contributed by atoms with van der Waals surface area (Å²) < 4.78 is 0. The van der Waals surface area contributed by atoms with Gasteiger partial charge in [-0.1, -0.05) is 19.1 Å². The van der Waals surface area contributed by atoms with Crippen molar-refractivity contribution >= 4 is 12.0 Å². The van der Waals surface area contributed by atoms with Crippen LogP contribution in [0.15, 0.2) is 30.3 Å². The summed E-state index contributed by atoms with van der Waals surface area (Å²) in [5.74, 6) is -0.231. The number of aliphatic hydroxyl groups excluding tert-OH is 2. The minimum absolute atomic E-state index is 0.159. The zero-order valence-corrected chi connectivity index (χ0v) is 10.8. The molecule has 0 aliphatic carbocycles. The summed E-state index contributed by atoms with van der Waals surface area (Å²) >= 11 is 0. The van der Waals surface area contributed by atoms with Crippen molar-refractivity contribution in [3.63, 3.8) is 0 Å². The minimum Gasteiger partial charge on any atom is -0.508 e. The van der Waals surface area contributed by atoms with Crippen LogP contribution < -0.4 is 5.32 Å². The van der Waals surface area contributed by atoms with Gasteiger partial charge in [-0.25, -0.2) is 0 Å². The van der Waals surface area contributed by atoms with Crippen LogP contribution in [0.1, 0.15) is 18.9 Å². The first kappa shape index (κ1) is 15.2. The molecule has 0 unspecified atom stereocenters. The Kier molecular flexibility index (Phi) is 5.54. The van der Waals surface area contributed by atoms with E-state index in [2.05, 4.69) is 5.32 Å². The molecule has 0 atom stereocenters. The number of aliphatic hydroxyl groups is 2. The van der Waals surface area contributed by atoms with Gasteiger partial charge >= 0.3 is 0 Å². The highest BCUT2D eigenvalue weighted by Gasteiger charge is 2.27. The molecule has 1 aromatic rings. The van der Waals surface area contributed by atoms with Crippen LogP contribution in [0.3, 0.4) is 0 Å². The number of benzene rings is 1. The van der Waals surface area contributed by atoms with Gasteiger partial charge in [-0.3, -0.25) is 4.79 Å². The lowest BCUT2D eigenvalue weighted by Gasteiger charge is -2.28. The first-order valence-electron chi connectivity index (χ1n) is 6.06. The number of aromatic hydroxyl groups is 1. The molecule has 0 aromatic heterocycles. The van der Waals surface area contributed by atoms with Gasteiger partial charge in [0.1, 0.15) is 5.75 Å². The fraction of sp³-hybridized carbons (Fsp3) is 0.357. The van der Waals surface area contributed by atoms with Gasteiger partial charge in [0.2, 0.25) is 5.91 Å². The lowest BCUT2D eigenvalue weighted by Crippen LogP contribution is -2.53. The van der Waals surface area contributed by atoms with Crippen molar-refractivity contribution in [1.82, 2.24) is 5.32 Å². The molecular weight excluding hydrogens is 246 g/mol. The topological polar surface area (TPSA) is 89.8 Å². The molecule has 5 heteroatoms. The number of hydrogen-bond acceptors (Lipinski definition) is 4. The molecule has 0 spiro atoms. The molecule has 0 radical (unpaired) electrons. The second-order valence-electron chi connectivity index (χ2n) is 4.36. The average Bonchev–Trinajstić information content (AvgIpc) is 2.44. The summed E-state index contributed by atoms with van der Waals surface area (Å²) in [5, 5.41) is 30.1. The van der Waals surface area contributed by atoms with Crippen LogP contribution in [-0.4, -0.2) is 40.0 Å². The van der Waals surface area contributed by atoms with Gasteiger partial charge in [0.15, 0.2) is 0 Å². The Morgan fingerprint density at radius 2 is 1.84 bits per heavy atom. The Labute approximate surface area is 112 Å². The molecule has 0 aliphatic rings. The number of phenolic OH excluding ortho intramolecular Hbond substituents is 1. The van der Waals surface area contributed by atoms with Gasteiger partial charge in [-0.05, 0) is 30.2 Å². The van der Waals surface area contributed by atoms with E-state index < -0.39 is 11.4 Å². The number of nitrogens with one attached hydrogen (secondary N) is 1. The molecule has 19 heavy (non-hydrogen) atoms. The summed E-state index contributed by atoms with van der Waals surface area (Å²) in [6, 6.07) is 6.39. The molecule has 0 saturated carbocycles. The average molecular weight is 265 g/mol. The Bertz CT molecular complexity index is 427. The summed E-state index contributed by atoms with van der Waals surface area (Å²) in [7, 11) is 0. The largest absolute Gasteiger partial charge is 0.508 e. The van der Waals surface area contributed by atoms with Crippen molar-refractivity contribution in [3.8, 4) is 5.75 Å². The third kappa shape index (κ3) is 4.39. The number of carbonyl (C=O) groups excluding carboxylic acids is 1. The van der Waals surface area contributed by atoms with Gasteiger partial charge in [0.25, 0.3) is 0 Å². The van der Waals surface area contributed by atoms with Crippen LogP contribution in [0, 0.1) is 0 Å². The van der Waals surface area contributed by atoms with E-state index in [1.807, 2.05) is 0 Å². The molecule has 1 amide bonds. The van der Waals surface area contributed by atoms with Crippen LogP contribution in [0.4, 0.5) is 0 Å². The third-order valence-electron chi connectivity index (χ3n) is 2.99. The molecule has 0 aliphatic heterocycles. The molecule has 1 aromatic carbocycles. The van der Waals surface area contributed by atoms with E-state index in [1.165, 1.54) is 18.2 Å². The highest BCUT2D eigenvalue weighted by atomic mass is 16.3. The van der Waals surface area contributed by atoms with Crippen molar-refractivity contribution in [3.05, 3.63) is 35.9 Å². The van der Waals surface area contributed by atoms with Gasteiger partial charge in [-0.2, -0.15) is 0 Å². The maximum Gasteiger partial charge on any atom is 0.244 e. The number of hydrogen-bond donors (Lipinski definition) is 4. The molecule has 104 valence electrons. The maximum absolute atomic E-state index is 11.7. The molecule has 5 nitrogen and oxygen atoms in total. The summed E-state index contributed by atoms with van der Waals surface area (Å²) in [6.45, 7) is 1.13. The zero-order valence-electron chi connectivity index (χ0n) is 10.8. The Morgan fingerprint density at radius 3 is 2.32 bits per heavy atom. The van der Waals surface area contributed by atoms with E-state index in [0.717, 1.165) is 5.56 Å². The fourth-order valence-electron chi connectivity index (χ4n) is 1.50. The predicted octanol–water partition coefficient (Wildman–Crippen LogP) is 0.655. The Balaban J connectivity index is 2.66. The first-order chi connectivity index (χ1) is 9.05. The quantitative estimate of drug-likeness (QED) is 0.569. The van der Waals surface area contributed by atoms with E-state index >= 15 is 0 Å². The second kappa shape index (κ2) is 6.92. The molecule has 1 rings (SSSR count). The Morgan fingerprint density at radius 1 is 1.26 bits per heavy atom. The molecule has 4 N–H and O–H groups in total. The SMILES string of the molecule is CCC(CO)(CO)NC(=O)/C=C/c1ccc(O)cc1. The van der Waals surface area contributed by atoms with Crippen molar-refractivity contribution < 1.29 is 20.1 Å². The van der Waals surface area contributed by atoms with Crippen LogP contribution in [-0.2, 0) is 4.79 Å². The van der Waals surface area contributed by atoms with Crippen molar-refractivity contribution in [1.29, 1.82) is 0 Å². The Hall–Kier alpha value is -1.85. The van der Waals surface area contributed by atoms with E-state index in [0.29, 0.717) is 6.42 Å². The van der Waals surface area contributed by atoms with Gasteiger partial charge < -0.3 is 20.6 Å². The minimum atomic E-state index is -0.990. The number of rotatable bonds is 6. The van der Waals surface area contributed by atoms with Gasteiger partial charge in [-0.15, -0.1) is 0 Å². The third-order valence-corrected chi connectivity index (χ3v) is 2.99. The van der Waals surface area contributed by atoms with E-state index in [4.69, 9.17) is 5.11 Å². The smallest absolute Gasteiger partial charge is 0.244 e. The number of amides is 1. The second-order valence-corrected chi connectivity index (χ2v) is 4.36. The van der Waals surface area contributed by atoms with Crippen molar-refractivity contribution in [2.24, 2.45) is 0 Å². The fourth-order valence-corrected chi connectivity index (χ4v) is 1.50. The lowest BCUT2D eigenvalue weighted by atomic mass is 9.98. The van der Waals surface area contributed by atoms with Crippen LogP contribution >= 0.6 is 0 Å². The highest BCUT2D eigenvalue weighted by molar-refractivity contribution is 5.92. The van der Waals surface area contributed by atoms with Crippen LogP contribution in [0.2, 0.25) is 0 Å². The predicted molar refractivity (Wildman–Crippen MR) is 72.5 cm³/mol. The van der Waals surface area contributed by atoms with E-state index in [1.54, 1.807) is 25.1 Å². The van der Waals surface area contributed by atoms with E-state index in [9.17, 15) is 15.0 Å². The van der Waals surface area contributed by atoms with E-state index in [-0.39, 0.29) is 19.0 Å². The van der Waals surface area contributed by atoms with Crippen LogP contribution in [0.25, 0.3) is 6.08 Å². The highest BCUT2D eigenvalue weighted by Crippen LogP contribution is 2.11. The number of phenols is 1. The molecule has 0 fully saturated rings. The van der Waals surface area contributed by atoms with Crippen molar-refractivity contribution in [2.45, 2.75) is 18.9 Å². The normalized spacial score (nSPS) is 11.7. The summed E-state index contributed by atoms with van der Waals surface area (Å²) in [5.41, 5.74) is -0.223. The number of carbonyl (C=O) groups is 1. The molecule has 0 bridgehead atoms. The molecule has 0 heterocycles. The lowest BCUT2D eigenvalue weighted by molar-refractivity contribution is -0.119. The maximum atomic E-state index is 11.7. The summed E-state index contributed by atoms with van der Waals surface area (Å²) in [4.78, 5) is 11.7. The molecular formula is C14H19NO4. The monoisotopic (exact) mass is 265 g/mol. The standard InChI is InChI=1S/C14H19NO4/c1-2-14(9-16,10-17)15-13(19)8-5-11-3-6-12(18)7-4-11/h3-8,16-18H,2,9-10H2,1H3,(H,15,19)/b8-5+. The zero-order chi connectivity index (χ0) is 14.3. The van der Waals surface area contributed by atoms with Crippen molar-refractivity contribution in [2.75, 3.05) is 13.2 Å². The van der Waals surface area contributed by atoms with Gasteiger partial charge in [0.05, 0.1) is 18.8 Å². The first-order valence-corrected chi connectivity index (χ1v) is 6.06. The summed E-state index contributed by atoms with van der Waals surface area (Å²) in [6.07, 6.45) is 3.34. The molecule has 0 saturated heterocycles.